The van der Waals surface area contributed by atoms with Crippen molar-refractivity contribution in [2.45, 2.75) is 59.0 Å². The SMILES string of the molecule is C=C(NC(C)C)N(C)C1CCN(CCC(C)C)CC1. The van der Waals surface area contributed by atoms with Gasteiger partial charge in [-0.1, -0.05) is 20.4 Å². The van der Waals surface area contributed by atoms with E-state index < -0.39 is 0 Å². The Morgan fingerprint density at radius 2 is 1.84 bits per heavy atom. The predicted octanol–water partition coefficient (Wildman–Crippen LogP) is 2.90. The summed E-state index contributed by atoms with van der Waals surface area (Å²) in [6.07, 6.45) is 3.84. The van der Waals surface area contributed by atoms with Crippen molar-refractivity contribution in [2.24, 2.45) is 5.92 Å². The molecule has 0 radical (unpaired) electrons. The minimum absolute atomic E-state index is 0.459. The Morgan fingerprint density at radius 1 is 1.26 bits per heavy atom. The van der Waals surface area contributed by atoms with Crippen LogP contribution in [0, 0.1) is 5.92 Å². The predicted molar refractivity (Wildman–Crippen MR) is 84.1 cm³/mol. The molecule has 1 heterocycles. The van der Waals surface area contributed by atoms with E-state index in [4.69, 9.17) is 0 Å². The molecule has 112 valence electrons. The zero-order chi connectivity index (χ0) is 14.4. The smallest absolute Gasteiger partial charge is 0.0940 e. The quantitative estimate of drug-likeness (QED) is 0.765. The summed E-state index contributed by atoms with van der Waals surface area (Å²) in [7, 11) is 2.17. The van der Waals surface area contributed by atoms with E-state index in [0.717, 1.165) is 11.7 Å². The van der Waals surface area contributed by atoms with Gasteiger partial charge in [-0.05, 0) is 45.6 Å². The first-order chi connectivity index (χ1) is 8.90. The lowest BCUT2D eigenvalue weighted by molar-refractivity contribution is 0.139. The van der Waals surface area contributed by atoms with Crippen molar-refractivity contribution in [1.29, 1.82) is 0 Å². The molecule has 0 aromatic carbocycles. The lowest BCUT2D eigenvalue weighted by Gasteiger charge is -2.39. The highest BCUT2D eigenvalue weighted by Crippen LogP contribution is 2.18. The average molecular weight is 267 g/mol. The van der Waals surface area contributed by atoms with Crippen molar-refractivity contribution in [2.75, 3.05) is 26.7 Å². The zero-order valence-corrected chi connectivity index (χ0v) is 13.6. The van der Waals surface area contributed by atoms with Gasteiger partial charge in [0.15, 0.2) is 0 Å². The molecule has 0 atom stereocenters. The zero-order valence-electron chi connectivity index (χ0n) is 13.6. The van der Waals surface area contributed by atoms with Crippen LogP contribution < -0.4 is 5.32 Å². The number of rotatable bonds is 7. The summed E-state index contributed by atoms with van der Waals surface area (Å²) in [5.41, 5.74) is 0. The molecule has 0 aromatic rings. The molecule has 0 bridgehead atoms. The largest absolute Gasteiger partial charge is 0.370 e. The van der Waals surface area contributed by atoms with Crippen LogP contribution in [0.25, 0.3) is 0 Å². The second kappa shape index (κ2) is 7.78. The Hall–Kier alpha value is -0.700. The van der Waals surface area contributed by atoms with Crippen molar-refractivity contribution < 1.29 is 0 Å². The summed E-state index contributed by atoms with van der Waals surface area (Å²) in [4.78, 5) is 4.95. The molecular weight excluding hydrogens is 234 g/mol. The Labute approximate surface area is 120 Å². The van der Waals surface area contributed by atoms with Gasteiger partial charge < -0.3 is 15.1 Å². The van der Waals surface area contributed by atoms with Crippen LogP contribution in [0.15, 0.2) is 12.4 Å². The topological polar surface area (TPSA) is 18.5 Å². The molecule has 19 heavy (non-hydrogen) atoms. The van der Waals surface area contributed by atoms with Crippen LogP contribution in [0.2, 0.25) is 0 Å². The fourth-order valence-electron chi connectivity index (χ4n) is 2.63. The maximum atomic E-state index is 4.15. The summed E-state index contributed by atoms with van der Waals surface area (Å²) < 4.78 is 0. The third-order valence-corrected chi connectivity index (χ3v) is 4.01. The third kappa shape index (κ3) is 5.85. The van der Waals surface area contributed by atoms with E-state index >= 15 is 0 Å². The van der Waals surface area contributed by atoms with E-state index in [9.17, 15) is 0 Å². The first-order valence-corrected chi connectivity index (χ1v) is 7.80. The average Bonchev–Trinajstić information content (AvgIpc) is 2.35. The van der Waals surface area contributed by atoms with Crippen LogP contribution in [-0.4, -0.2) is 48.6 Å². The molecule has 3 nitrogen and oxygen atoms in total. The summed E-state index contributed by atoms with van der Waals surface area (Å²) in [5.74, 6) is 1.88. The standard InChI is InChI=1S/C16H33N3/c1-13(2)7-10-19-11-8-16(9-12-19)18(6)15(5)17-14(3)4/h13-14,16-17H,5,7-12H2,1-4,6H3. The highest BCUT2D eigenvalue weighted by molar-refractivity contribution is 4.95. The number of nitrogens with one attached hydrogen (secondary N) is 1. The van der Waals surface area contributed by atoms with Crippen molar-refractivity contribution in [3.8, 4) is 0 Å². The normalized spacial score (nSPS) is 18.1. The highest BCUT2D eigenvalue weighted by Gasteiger charge is 2.23. The minimum Gasteiger partial charge on any atom is -0.370 e. The van der Waals surface area contributed by atoms with Crippen LogP contribution in [-0.2, 0) is 0 Å². The maximum Gasteiger partial charge on any atom is 0.0940 e. The molecular formula is C16H33N3. The van der Waals surface area contributed by atoms with Gasteiger partial charge in [-0.3, -0.25) is 0 Å². The molecule has 0 aromatic heterocycles. The fraction of sp³-hybridized carbons (Fsp3) is 0.875. The van der Waals surface area contributed by atoms with Gasteiger partial charge in [0.1, 0.15) is 0 Å². The third-order valence-electron chi connectivity index (χ3n) is 4.01. The molecule has 0 saturated carbocycles. The van der Waals surface area contributed by atoms with Gasteiger partial charge >= 0.3 is 0 Å². The van der Waals surface area contributed by atoms with E-state index in [0.29, 0.717) is 12.1 Å². The molecule has 0 aliphatic carbocycles. The summed E-state index contributed by atoms with van der Waals surface area (Å²) in [6.45, 7) is 16.8. The molecule has 0 amide bonds. The van der Waals surface area contributed by atoms with Crippen LogP contribution in [0.5, 0.6) is 0 Å². The molecule has 1 saturated heterocycles. The molecule has 1 N–H and O–H groups in total. The van der Waals surface area contributed by atoms with Crippen molar-refractivity contribution in [3.05, 3.63) is 12.4 Å². The molecule has 3 heteroatoms. The molecule has 1 fully saturated rings. The van der Waals surface area contributed by atoms with Gasteiger partial charge in [-0.25, -0.2) is 0 Å². The molecule has 1 rings (SSSR count). The van der Waals surface area contributed by atoms with E-state index in [1.807, 2.05) is 0 Å². The van der Waals surface area contributed by atoms with Crippen LogP contribution in [0.1, 0.15) is 47.0 Å². The van der Waals surface area contributed by atoms with E-state index in [1.165, 1.54) is 38.9 Å². The van der Waals surface area contributed by atoms with E-state index in [-0.39, 0.29) is 0 Å². The lowest BCUT2D eigenvalue weighted by Crippen LogP contribution is -2.45. The molecule has 0 spiro atoms. The number of hydrogen-bond donors (Lipinski definition) is 1. The number of hydrogen-bond acceptors (Lipinski definition) is 3. The second-order valence-corrected chi connectivity index (χ2v) is 6.61. The van der Waals surface area contributed by atoms with Gasteiger partial charge in [0.2, 0.25) is 0 Å². The van der Waals surface area contributed by atoms with Gasteiger partial charge in [-0.2, -0.15) is 0 Å². The van der Waals surface area contributed by atoms with Gasteiger partial charge in [-0.15, -0.1) is 0 Å². The summed E-state index contributed by atoms with van der Waals surface area (Å²) in [6, 6.07) is 1.11. The molecule has 1 aliphatic rings. The first-order valence-electron chi connectivity index (χ1n) is 7.80. The number of piperidine rings is 1. The van der Waals surface area contributed by atoms with Crippen LogP contribution in [0.4, 0.5) is 0 Å². The minimum atomic E-state index is 0.459. The van der Waals surface area contributed by atoms with Gasteiger partial charge in [0.25, 0.3) is 0 Å². The Balaban J connectivity index is 2.30. The molecule has 0 unspecified atom stereocenters. The van der Waals surface area contributed by atoms with Crippen molar-refractivity contribution in [1.82, 2.24) is 15.1 Å². The summed E-state index contributed by atoms with van der Waals surface area (Å²) >= 11 is 0. The van der Waals surface area contributed by atoms with Gasteiger partial charge in [0.05, 0.1) is 5.82 Å². The molecule has 1 aliphatic heterocycles. The first kappa shape index (κ1) is 16.4. The second-order valence-electron chi connectivity index (χ2n) is 6.61. The monoisotopic (exact) mass is 267 g/mol. The number of likely N-dealkylation sites (tertiary alicyclic amines) is 1. The summed E-state index contributed by atoms with van der Waals surface area (Å²) in [5, 5.41) is 3.41. The van der Waals surface area contributed by atoms with E-state index in [1.54, 1.807) is 0 Å². The Morgan fingerprint density at radius 3 is 2.32 bits per heavy atom. The van der Waals surface area contributed by atoms with Crippen LogP contribution in [0.3, 0.4) is 0 Å². The van der Waals surface area contributed by atoms with Crippen molar-refractivity contribution in [3.63, 3.8) is 0 Å². The lowest BCUT2D eigenvalue weighted by atomic mass is 10.0. The Kier molecular flexibility index (Phi) is 6.70. The van der Waals surface area contributed by atoms with Crippen LogP contribution >= 0.6 is 0 Å². The highest BCUT2D eigenvalue weighted by atomic mass is 15.3. The fourth-order valence-corrected chi connectivity index (χ4v) is 2.63. The van der Waals surface area contributed by atoms with Gasteiger partial charge in [0, 0.05) is 32.2 Å². The number of nitrogens with zero attached hydrogens (tertiary/aromatic N) is 2. The Bertz CT molecular complexity index is 265. The maximum absolute atomic E-state index is 4.15. The van der Waals surface area contributed by atoms with Crippen molar-refractivity contribution >= 4 is 0 Å². The van der Waals surface area contributed by atoms with E-state index in [2.05, 4.69) is 56.4 Å².